The van der Waals surface area contributed by atoms with Gasteiger partial charge in [0.25, 0.3) is 0 Å². The van der Waals surface area contributed by atoms with Crippen LogP contribution in [0.4, 0.5) is 0 Å². The van der Waals surface area contributed by atoms with Crippen LogP contribution in [0.2, 0.25) is 0 Å². The maximum Gasteiger partial charge on any atom is 0.141 e. The molecule has 4 rings (SSSR count). The van der Waals surface area contributed by atoms with Crippen molar-refractivity contribution < 1.29 is 0 Å². The fraction of sp³-hybridized carbons (Fsp3) is 0.263. The largest absolute Gasteiger partial charge is 0.268 e. The first-order valence-corrected chi connectivity index (χ1v) is 9.39. The lowest BCUT2D eigenvalue weighted by molar-refractivity contribution is 0.553. The quantitative estimate of drug-likeness (QED) is 0.525. The average molecular weight is 364 g/mol. The van der Waals surface area contributed by atoms with Gasteiger partial charge in [0.05, 0.1) is 17.9 Å². The number of aromatic nitrogens is 6. The summed E-state index contributed by atoms with van der Waals surface area (Å²) in [6.45, 7) is 4.85. The normalized spacial score (nSPS) is 12.4. The zero-order chi connectivity index (χ0) is 17.9. The van der Waals surface area contributed by atoms with Crippen LogP contribution >= 0.6 is 11.3 Å². The van der Waals surface area contributed by atoms with Crippen molar-refractivity contribution in [1.29, 1.82) is 0 Å². The molecule has 0 radical (unpaired) electrons. The third-order valence-electron chi connectivity index (χ3n) is 4.19. The summed E-state index contributed by atoms with van der Waals surface area (Å²) in [6.07, 6.45) is 4.69. The summed E-state index contributed by atoms with van der Waals surface area (Å²) < 4.78 is 3.88. The second-order valence-electron chi connectivity index (χ2n) is 6.31. The highest BCUT2D eigenvalue weighted by atomic mass is 32.1. The van der Waals surface area contributed by atoms with Gasteiger partial charge in [-0.2, -0.15) is 10.2 Å². The van der Waals surface area contributed by atoms with Crippen LogP contribution < -0.4 is 0 Å². The summed E-state index contributed by atoms with van der Waals surface area (Å²) in [5.74, 6) is 0. The molecule has 3 aromatic heterocycles. The summed E-state index contributed by atoms with van der Waals surface area (Å²) in [5.41, 5.74) is 3.25. The van der Waals surface area contributed by atoms with Crippen LogP contribution in [0.15, 0.2) is 54.9 Å². The smallest absolute Gasteiger partial charge is 0.141 e. The molecule has 1 aromatic carbocycles. The maximum atomic E-state index is 4.65. The number of nitrogens with zero attached hydrogens (tertiary/aromatic N) is 6. The van der Waals surface area contributed by atoms with E-state index in [1.54, 1.807) is 11.3 Å². The molecule has 0 amide bonds. The third-order valence-corrected chi connectivity index (χ3v) is 5.29. The van der Waals surface area contributed by atoms with Gasteiger partial charge in [0, 0.05) is 18.8 Å². The van der Waals surface area contributed by atoms with Crippen molar-refractivity contribution in [2.24, 2.45) is 0 Å². The summed E-state index contributed by atoms with van der Waals surface area (Å²) in [6, 6.07) is 14.5. The van der Waals surface area contributed by atoms with Gasteiger partial charge in [-0.05, 0) is 31.5 Å². The number of hydrogen-bond acceptors (Lipinski definition) is 5. The van der Waals surface area contributed by atoms with Crippen LogP contribution in [0.1, 0.15) is 39.9 Å². The molecule has 3 heterocycles. The summed E-state index contributed by atoms with van der Waals surface area (Å²) in [7, 11) is 0. The Hall–Kier alpha value is -2.80. The Labute approximate surface area is 156 Å². The van der Waals surface area contributed by atoms with Gasteiger partial charge in [-0.1, -0.05) is 41.7 Å². The molecule has 0 aliphatic carbocycles. The molecule has 0 aliphatic rings. The molecule has 6 nitrogen and oxygen atoms in total. The summed E-state index contributed by atoms with van der Waals surface area (Å²) >= 11 is 1.62. The zero-order valence-corrected chi connectivity index (χ0v) is 15.6. The average Bonchev–Trinajstić information content (AvgIpc) is 3.38. The second kappa shape index (κ2) is 7.21. The fourth-order valence-electron chi connectivity index (χ4n) is 2.78. The summed E-state index contributed by atoms with van der Waals surface area (Å²) in [4.78, 5) is 0. The van der Waals surface area contributed by atoms with Gasteiger partial charge in [0.15, 0.2) is 0 Å². The Morgan fingerprint density at radius 1 is 1.00 bits per heavy atom. The molecular formula is C19H20N6S. The molecule has 0 saturated heterocycles. The first-order chi connectivity index (χ1) is 12.7. The molecule has 7 heteroatoms. The second-order valence-corrected chi connectivity index (χ2v) is 7.41. The predicted octanol–water partition coefficient (Wildman–Crippen LogP) is 3.49. The Balaban J connectivity index is 1.43. The highest BCUT2D eigenvalue weighted by Crippen LogP contribution is 2.22. The molecule has 132 valence electrons. The molecule has 0 aliphatic heterocycles. The molecule has 4 aromatic rings. The van der Waals surface area contributed by atoms with Crippen LogP contribution in [-0.2, 0) is 13.0 Å². The third kappa shape index (κ3) is 3.72. The van der Waals surface area contributed by atoms with E-state index in [9.17, 15) is 0 Å². The Bertz CT molecular complexity index is 984. The van der Waals surface area contributed by atoms with E-state index in [0.717, 1.165) is 27.9 Å². The van der Waals surface area contributed by atoms with E-state index < -0.39 is 0 Å². The van der Waals surface area contributed by atoms with Crippen molar-refractivity contribution in [1.82, 2.24) is 29.8 Å². The van der Waals surface area contributed by atoms with Crippen molar-refractivity contribution in [3.8, 4) is 0 Å². The molecule has 0 fully saturated rings. The monoisotopic (exact) mass is 364 g/mol. The van der Waals surface area contributed by atoms with E-state index >= 15 is 0 Å². The first-order valence-electron chi connectivity index (χ1n) is 8.57. The van der Waals surface area contributed by atoms with E-state index in [2.05, 4.69) is 39.5 Å². The van der Waals surface area contributed by atoms with Crippen LogP contribution in [0.3, 0.4) is 0 Å². The number of hydrogen-bond donors (Lipinski definition) is 0. The highest BCUT2D eigenvalue weighted by Gasteiger charge is 2.15. The maximum absolute atomic E-state index is 4.65. The zero-order valence-electron chi connectivity index (χ0n) is 14.8. The molecule has 0 N–H and O–H groups in total. The Morgan fingerprint density at radius 2 is 1.85 bits per heavy atom. The van der Waals surface area contributed by atoms with Crippen molar-refractivity contribution in [2.45, 2.75) is 32.9 Å². The molecule has 0 saturated carbocycles. The lowest BCUT2D eigenvalue weighted by Crippen LogP contribution is -2.07. The van der Waals surface area contributed by atoms with E-state index in [1.165, 1.54) is 5.56 Å². The van der Waals surface area contributed by atoms with Crippen molar-refractivity contribution in [3.05, 3.63) is 81.8 Å². The molecule has 0 spiro atoms. The van der Waals surface area contributed by atoms with Crippen LogP contribution in [0.5, 0.6) is 0 Å². The van der Waals surface area contributed by atoms with Crippen molar-refractivity contribution >= 4 is 11.3 Å². The van der Waals surface area contributed by atoms with Gasteiger partial charge in [-0.3, -0.25) is 9.36 Å². The van der Waals surface area contributed by atoms with Gasteiger partial charge in [-0.15, -0.1) is 10.2 Å². The fourth-order valence-corrected chi connectivity index (χ4v) is 3.68. The molecule has 1 atom stereocenters. The van der Waals surface area contributed by atoms with Gasteiger partial charge < -0.3 is 0 Å². The molecule has 1 unspecified atom stereocenters. The van der Waals surface area contributed by atoms with Crippen LogP contribution in [-0.4, -0.2) is 29.8 Å². The van der Waals surface area contributed by atoms with E-state index in [1.807, 2.05) is 59.0 Å². The minimum atomic E-state index is 0.0885. The number of benzene rings is 1. The van der Waals surface area contributed by atoms with Crippen LogP contribution in [0, 0.1) is 6.92 Å². The highest BCUT2D eigenvalue weighted by molar-refractivity contribution is 7.11. The van der Waals surface area contributed by atoms with Crippen LogP contribution in [0.25, 0.3) is 0 Å². The van der Waals surface area contributed by atoms with E-state index in [-0.39, 0.29) is 6.04 Å². The lowest BCUT2D eigenvalue weighted by Gasteiger charge is -2.07. The Morgan fingerprint density at radius 3 is 2.62 bits per heavy atom. The van der Waals surface area contributed by atoms with E-state index in [0.29, 0.717) is 6.42 Å². The predicted molar refractivity (Wildman–Crippen MR) is 101 cm³/mol. The minimum Gasteiger partial charge on any atom is -0.268 e. The molecule has 0 bridgehead atoms. The standard InChI is InChI=1S/C19H20N6S/c1-14-8-11-25(22-14)15(2)19-21-20-18(26-19)12-17-9-10-24(23-17)13-16-6-4-3-5-7-16/h3-11,15H,12-13H2,1-2H3. The topological polar surface area (TPSA) is 61.4 Å². The number of rotatable bonds is 6. The first kappa shape index (κ1) is 16.7. The van der Waals surface area contributed by atoms with Gasteiger partial charge in [0.2, 0.25) is 0 Å². The van der Waals surface area contributed by atoms with Gasteiger partial charge in [0.1, 0.15) is 16.1 Å². The lowest BCUT2D eigenvalue weighted by atomic mass is 10.2. The van der Waals surface area contributed by atoms with Crippen molar-refractivity contribution in [2.75, 3.05) is 0 Å². The van der Waals surface area contributed by atoms with Crippen molar-refractivity contribution in [3.63, 3.8) is 0 Å². The SMILES string of the molecule is Cc1ccn(C(C)c2nnc(Cc3ccn(Cc4ccccc4)n3)s2)n1. The summed E-state index contributed by atoms with van der Waals surface area (Å²) in [5, 5.41) is 19.7. The molecular weight excluding hydrogens is 344 g/mol. The van der Waals surface area contributed by atoms with Gasteiger partial charge in [-0.25, -0.2) is 0 Å². The van der Waals surface area contributed by atoms with Gasteiger partial charge >= 0.3 is 0 Å². The minimum absolute atomic E-state index is 0.0885. The van der Waals surface area contributed by atoms with E-state index in [4.69, 9.17) is 0 Å². The number of aryl methyl sites for hydroxylation is 1. The Kier molecular flexibility index (Phi) is 4.62. The molecule has 26 heavy (non-hydrogen) atoms.